The van der Waals surface area contributed by atoms with E-state index in [0.717, 1.165) is 49.7 Å². The first-order valence-electron chi connectivity index (χ1n) is 17.3. The first-order chi connectivity index (χ1) is 25.7. The molecule has 0 aliphatic heterocycles. The Morgan fingerprint density at radius 2 is 0.788 bits per heavy atom. The van der Waals surface area contributed by atoms with E-state index in [1.165, 1.54) is 33.0 Å². The first-order valence-corrected chi connectivity index (χ1v) is 17.3. The van der Waals surface area contributed by atoms with Gasteiger partial charge >= 0.3 is 0 Å². The summed E-state index contributed by atoms with van der Waals surface area (Å²) in [5.41, 5.74) is 13.0. The highest BCUT2D eigenvalue weighted by atomic mass is 15.0. The zero-order valence-corrected chi connectivity index (χ0v) is 28.0. The van der Waals surface area contributed by atoms with E-state index in [1.807, 2.05) is 78.9 Å². The van der Waals surface area contributed by atoms with Crippen LogP contribution in [-0.4, -0.2) is 15.0 Å². The summed E-state index contributed by atoms with van der Waals surface area (Å²) in [6.07, 6.45) is 0. The Hall–Kier alpha value is -7.22. The SMILES string of the molecule is N#Cc1ccc2cc(-c3ccc4c5c(ccc(-c6cccc(-c7nc(-c8ccccc8)nc(-c8ccccc8)n7)c6)c35)-c3ccccc3-4)ccc2c1. The lowest BCUT2D eigenvalue weighted by Crippen LogP contribution is -2.00. The first kappa shape index (κ1) is 29.7. The number of fused-ring (bicyclic) bond motifs is 4. The van der Waals surface area contributed by atoms with Gasteiger partial charge in [0.15, 0.2) is 17.5 Å². The molecule has 9 aromatic rings. The summed E-state index contributed by atoms with van der Waals surface area (Å²) >= 11 is 0. The van der Waals surface area contributed by atoms with Crippen LogP contribution >= 0.6 is 0 Å². The molecular formula is C48H28N4. The van der Waals surface area contributed by atoms with Gasteiger partial charge in [0, 0.05) is 16.7 Å². The van der Waals surface area contributed by atoms with Crippen LogP contribution < -0.4 is 0 Å². The molecule has 0 saturated heterocycles. The van der Waals surface area contributed by atoms with E-state index in [9.17, 15) is 5.26 Å². The van der Waals surface area contributed by atoms with Crippen molar-refractivity contribution in [3.05, 3.63) is 175 Å². The second kappa shape index (κ2) is 12.0. The second-order valence-corrected chi connectivity index (χ2v) is 13.1. The minimum Gasteiger partial charge on any atom is -0.208 e. The average molecular weight is 661 g/mol. The molecule has 0 bridgehead atoms. The van der Waals surface area contributed by atoms with E-state index < -0.39 is 0 Å². The fourth-order valence-corrected chi connectivity index (χ4v) is 7.62. The van der Waals surface area contributed by atoms with Gasteiger partial charge in [-0.1, -0.05) is 146 Å². The molecule has 0 N–H and O–H groups in total. The maximum absolute atomic E-state index is 9.48. The Balaban J connectivity index is 1.19. The molecule has 1 aliphatic carbocycles. The molecule has 0 fully saturated rings. The molecule has 0 unspecified atom stereocenters. The van der Waals surface area contributed by atoms with Crippen molar-refractivity contribution in [3.63, 3.8) is 0 Å². The minimum atomic E-state index is 0.624. The highest BCUT2D eigenvalue weighted by Crippen LogP contribution is 2.52. The highest BCUT2D eigenvalue weighted by molar-refractivity contribution is 6.22. The van der Waals surface area contributed by atoms with Crippen molar-refractivity contribution in [1.82, 2.24) is 15.0 Å². The van der Waals surface area contributed by atoms with Crippen LogP contribution in [0.15, 0.2) is 170 Å². The van der Waals surface area contributed by atoms with Crippen LogP contribution in [-0.2, 0) is 0 Å². The molecule has 0 radical (unpaired) electrons. The lowest BCUT2D eigenvalue weighted by molar-refractivity contribution is 1.07. The highest BCUT2D eigenvalue weighted by Gasteiger charge is 2.25. The zero-order valence-electron chi connectivity index (χ0n) is 28.0. The Bertz CT molecular complexity index is 2820. The largest absolute Gasteiger partial charge is 0.208 e. The van der Waals surface area contributed by atoms with Crippen molar-refractivity contribution in [1.29, 1.82) is 5.26 Å². The molecule has 52 heavy (non-hydrogen) atoms. The monoisotopic (exact) mass is 660 g/mol. The second-order valence-electron chi connectivity index (χ2n) is 13.1. The van der Waals surface area contributed by atoms with Crippen molar-refractivity contribution in [2.75, 3.05) is 0 Å². The number of nitrogens with zero attached hydrogens (tertiary/aromatic N) is 4. The summed E-state index contributed by atoms with van der Waals surface area (Å²) in [6, 6.07) is 61.2. The van der Waals surface area contributed by atoms with Crippen LogP contribution in [0.4, 0.5) is 0 Å². The van der Waals surface area contributed by atoms with Crippen molar-refractivity contribution in [3.8, 4) is 84.7 Å². The van der Waals surface area contributed by atoms with Crippen LogP contribution in [0.1, 0.15) is 5.56 Å². The van der Waals surface area contributed by atoms with E-state index in [0.29, 0.717) is 23.0 Å². The van der Waals surface area contributed by atoms with Crippen LogP contribution in [0.2, 0.25) is 0 Å². The smallest absolute Gasteiger partial charge is 0.164 e. The molecule has 0 saturated carbocycles. The van der Waals surface area contributed by atoms with Gasteiger partial charge in [-0.3, -0.25) is 0 Å². The molecule has 10 rings (SSSR count). The summed E-state index contributed by atoms with van der Waals surface area (Å²) in [7, 11) is 0. The molecule has 4 heteroatoms. The molecule has 0 amide bonds. The number of hydrogen-bond donors (Lipinski definition) is 0. The van der Waals surface area contributed by atoms with Crippen LogP contribution in [0.5, 0.6) is 0 Å². The van der Waals surface area contributed by atoms with E-state index in [4.69, 9.17) is 15.0 Å². The molecule has 1 aliphatic rings. The third-order valence-electron chi connectivity index (χ3n) is 10.1. The molecule has 8 aromatic carbocycles. The lowest BCUT2D eigenvalue weighted by Gasteiger charge is -2.16. The van der Waals surface area contributed by atoms with Gasteiger partial charge < -0.3 is 0 Å². The standard InChI is InChI=1S/C48H28N4/c49-29-30-18-19-34-27-36(21-20-33(34)26-30)39-23-25-43-41-17-8-7-16-40(41)42-24-22-38(44(39)45(42)43)35-14-9-15-37(28-35)48-51-46(31-10-3-1-4-11-31)50-47(52-48)32-12-5-2-6-13-32/h1-28H. The van der Waals surface area contributed by atoms with Gasteiger partial charge in [-0.15, -0.1) is 0 Å². The van der Waals surface area contributed by atoms with Gasteiger partial charge in [0.1, 0.15) is 0 Å². The van der Waals surface area contributed by atoms with E-state index >= 15 is 0 Å². The van der Waals surface area contributed by atoms with Gasteiger partial charge in [-0.25, -0.2) is 15.0 Å². The molecule has 0 spiro atoms. The van der Waals surface area contributed by atoms with Crippen molar-refractivity contribution < 1.29 is 0 Å². The predicted molar refractivity (Wildman–Crippen MR) is 211 cm³/mol. The maximum atomic E-state index is 9.48. The Labute approximate surface area is 301 Å². The molecule has 1 heterocycles. The van der Waals surface area contributed by atoms with Gasteiger partial charge in [0.05, 0.1) is 11.6 Å². The van der Waals surface area contributed by atoms with Crippen LogP contribution in [0.25, 0.3) is 100 Å². The predicted octanol–water partition coefficient (Wildman–Crippen LogP) is 12.0. The van der Waals surface area contributed by atoms with Crippen molar-refractivity contribution in [2.24, 2.45) is 0 Å². The van der Waals surface area contributed by atoms with Gasteiger partial charge in [-0.05, 0) is 90.3 Å². The number of nitriles is 1. The average Bonchev–Trinajstić information content (AvgIpc) is 3.55. The summed E-state index contributed by atoms with van der Waals surface area (Å²) < 4.78 is 0. The Morgan fingerprint density at radius 3 is 1.40 bits per heavy atom. The minimum absolute atomic E-state index is 0.624. The fraction of sp³-hybridized carbons (Fsp3) is 0. The van der Waals surface area contributed by atoms with E-state index in [2.05, 4.69) is 97.1 Å². The Kier molecular flexibility index (Phi) is 6.84. The third kappa shape index (κ3) is 4.87. The lowest BCUT2D eigenvalue weighted by atomic mass is 9.87. The maximum Gasteiger partial charge on any atom is 0.164 e. The molecule has 0 atom stereocenters. The van der Waals surface area contributed by atoms with E-state index in [-0.39, 0.29) is 0 Å². The van der Waals surface area contributed by atoms with Crippen LogP contribution in [0.3, 0.4) is 0 Å². The molecular weight excluding hydrogens is 633 g/mol. The van der Waals surface area contributed by atoms with Gasteiger partial charge in [0.2, 0.25) is 0 Å². The van der Waals surface area contributed by atoms with Gasteiger partial charge in [0.25, 0.3) is 0 Å². The fourth-order valence-electron chi connectivity index (χ4n) is 7.62. The van der Waals surface area contributed by atoms with Crippen molar-refractivity contribution in [2.45, 2.75) is 0 Å². The number of aromatic nitrogens is 3. The molecule has 4 nitrogen and oxygen atoms in total. The summed E-state index contributed by atoms with van der Waals surface area (Å²) in [5.74, 6) is 1.90. The van der Waals surface area contributed by atoms with Crippen LogP contribution in [0, 0.1) is 11.3 Å². The number of rotatable bonds is 5. The van der Waals surface area contributed by atoms with Crippen molar-refractivity contribution >= 4 is 21.5 Å². The summed E-state index contributed by atoms with van der Waals surface area (Å²) in [6.45, 7) is 0. The third-order valence-corrected chi connectivity index (χ3v) is 10.1. The zero-order chi connectivity index (χ0) is 34.6. The molecule has 240 valence electrons. The summed E-state index contributed by atoms with van der Waals surface area (Å²) in [4.78, 5) is 15.0. The normalized spacial score (nSPS) is 11.4. The topological polar surface area (TPSA) is 62.5 Å². The van der Waals surface area contributed by atoms with E-state index in [1.54, 1.807) is 0 Å². The molecule has 1 aromatic heterocycles. The van der Waals surface area contributed by atoms with Gasteiger partial charge in [-0.2, -0.15) is 5.26 Å². The number of hydrogen-bond acceptors (Lipinski definition) is 4. The quantitative estimate of drug-likeness (QED) is 0.184. The summed E-state index contributed by atoms with van der Waals surface area (Å²) in [5, 5.41) is 14.1. The number of benzene rings is 8. The Morgan fingerprint density at radius 1 is 0.327 bits per heavy atom.